The summed E-state index contributed by atoms with van der Waals surface area (Å²) >= 11 is 0. The van der Waals surface area contributed by atoms with E-state index in [1.807, 2.05) is 211 Å². The topological polar surface area (TPSA) is 93.3 Å². The molecule has 0 saturated carbocycles. The van der Waals surface area contributed by atoms with Crippen LogP contribution in [-0.2, 0) is 0 Å². The minimum atomic E-state index is -0.278. The summed E-state index contributed by atoms with van der Waals surface area (Å²) in [4.78, 5) is 37.5. The van der Waals surface area contributed by atoms with E-state index in [1.54, 1.807) is 8.97 Å². The molecule has 16 rings (SSSR count). The van der Waals surface area contributed by atoms with Crippen molar-refractivity contribution in [3.8, 4) is 51.7 Å². The molecule has 0 bridgehead atoms. The standard InChI is InChI=1S/C74H49N3O6/c1-39-15-25-47(26-16-39)80-59-35-53-44(6)76(57-33-23-45-11-7-9-13-51(45)43(57)5)73(78)55-37-61(82-49-29-19-41(3)20-30-49)67-66-60(81-48-27-17-40(2)18-28-48)36-54-64-56(74(79)77-58-34-24-46-12-8-10-14-52(46)71(58)75-72(54)77)38-62(83-50-31-21-42(4)22-32-50)68(70(64)66)65(59)69(67)63(53)55/h7-38H,6H2,1-5H3. The number of benzene rings is 13. The molecule has 83 heavy (non-hydrogen) atoms. The number of fused-ring (bicyclic) bond motifs is 9. The molecule has 0 radical (unpaired) electrons. The Bertz CT molecular complexity index is 5460. The molecule has 16 aromatic rings. The van der Waals surface area contributed by atoms with Gasteiger partial charge in [0.15, 0.2) is 0 Å². The van der Waals surface area contributed by atoms with Crippen molar-refractivity contribution in [3.05, 3.63) is 248 Å². The fourth-order valence-corrected chi connectivity index (χ4v) is 12.8. The van der Waals surface area contributed by atoms with Crippen LogP contribution in [0.3, 0.4) is 0 Å². The highest BCUT2D eigenvalue weighted by atomic mass is 16.5. The van der Waals surface area contributed by atoms with Gasteiger partial charge in [0.25, 0.3) is 11.1 Å². The van der Waals surface area contributed by atoms with Gasteiger partial charge in [0.05, 0.1) is 32.8 Å². The summed E-state index contributed by atoms with van der Waals surface area (Å²) in [5.41, 5.74) is 7.18. The smallest absolute Gasteiger partial charge is 0.264 e. The third kappa shape index (κ3) is 7.23. The van der Waals surface area contributed by atoms with E-state index in [2.05, 4.69) is 18.2 Å². The molecule has 0 saturated heterocycles. The van der Waals surface area contributed by atoms with Gasteiger partial charge in [-0.3, -0.25) is 18.6 Å². The molecule has 0 N–H and O–H groups in total. The van der Waals surface area contributed by atoms with Gasteiger partial charge in [-0.1, -0.05) is 138 Å². The number of hydrogen-bond donors (Lipinski definition) is 0. The van der Waals surface area contributed by atoms with Gasteiger partial charge in [-0.05, 0) is 141 Å². The molecule has 0 amide bonds. The van der Waals surface area contributed by atoms with E-state index in [9.17, 15) is 0 Å². The van der Waals surface area contributed by atoms with Gasteiger partial charge in [0.2, 0.25) is 0 Å². The van der Waals surface area contributed by atoms with Crippen molar-refractivity contribution < 1.29 is 18.9 Å². The highest BCUT2D eigenvalue weighted by molar-refractivity contribution is 6.44. The Hall–Kier alpha value is -10.8. The molecule has 396 valence electrons. The molecular weight excluding hydrogens is 1030 g/mol. The molecule has 9 heteroatoms. The maximum Gasteiger partial charge on any atom is 0.264 e. The zero-order valence-electron chi connectivity index (χ0n) is 46.0. The fraction of sp³-hybridized carbons (Fsp3) is 0.0676. The zero-order valence-corrected chi connectivity index (χ0v) is 46.0. The molecule has 0 spiro atoms. The van der Waals surface area contributed by atoms with Crippen LogP contribution in [0.15, 0.2) is 204 Å². The Morgan fingerprint density at radius 3 is 1.27 bits per heavy atom. The second-order valence-electron chi connectivity index (χ2n) is 22.1. The van der Waals surface area contributed by atoms with E-state index in [-0.39, 0.29) is 11.1 Å². The highest BCUT2D eigenvalue weighted by Crippen LogP contribution is 2.57. The van der Waals surface area contributed by atoms with Crippen LogP contribution in [-0.4, -0.2) is 14.0 Å². The van der Waals surface area contributed by atoms with E-state index >= 15 is 9.59 Å². The van der Waals surface area contributed by atoms with Crippen molar-refractivity contribution in [1.29, 1.82) is 0 Å². The molecular formula is C74H49N3O6. The Kier molecular flexibility index (Phi) is 10.4. The minimum Gasteiger partial charge on any atom is -0.457 e. The summed E-state index contributed by atoms with van der Waals surface area (Å²) in [7, 11) is 0. The van der Waals surface area contributed by atoms with Crippen LogP contribution in [0.25, 0.3) is 115 Å². The second-order valence-corrected chi connectivity index (χ2v) is 22.1. The van der Waals surface area contributed by atoms with Gasteiger partial charge in [-0.2, -0.15) is 0 Å². The van der Waals surface area contributed by atoms with E-state index < -0.39 is 0 Å². The molecule has 0 atom stereocenters. The van der Waals surface area contributed by atoms with Gasteiger partial charge in [0.1, 0.15) is 51.6 Å². The summed E-state index contributed by atoms with van der Waals surface area (Å²) in [6.45, 7) is 15.0. The summed E-state index contributed by atoms with van der Waals surface area (Å²) < 4.78 is 32.7. The number of aromatic nitrogens is 3. The van der Waals surface area contributed by atoms with E-state index in [1.165, 1.54) is 0 Å². The van der Waals surface area contributed by atoms with E-state index in [0.717, 1.165) is 49.4 Å². The minimum absolute atomic E-state index is 0.266. The lowest BCUT2D eigenvalue weighted by molar-refractivity contribution is 0.483. The summed E-state index contributed by atoms with van der Waals surface area (Å²) in [6.07, 6.45) is 0. The third-order valence-corrected chi connectivity index (χ3v) is 16.8. The van der Waals surface area contributed by atoms with Gasteiger partial charge in [0, 0.05) is 59.2 Å². The number of hydrogen-bond acceptors (Lipinski definition) is 7. The Balaban J connectivity index is 1.18. The average Bonchev–Trinajstić information content (AvgIpc) is 1.91. The quantitative estimate of drug-likeness (QED) is 0.105. The monoisotopic (exact) mass is 1080 g/mol. The van der Waals surface area contributed by atoms with Crippen molar-refractivity contribution in [2.75, 3.05) is 0 Å². The van der Waals surface area contributed by atoms with Gasteiger partial charge in [-0.25, -0.2) is 4.98 Å². The summed E-state index contributed by atoms with van der Waals surface area (Å²) in [5, 5.41) is 11.8. The van der Waals surface area contributed by atoms with Crippen molar-refractivity contribution in [3.63, 3.8) is 0 Å². The van der Waals surface area contributed by atoms with E-state index in [4.69, 9.17) is 30.5 Å². The molecule has 3 aromatic heterocycles. The first-order chi connectivity index (χ1) is 40.4. The van der Waals surface area contributed by atoms with Crippen LogP contribution >= 0.6 is 0 Å². The van der Waals surface area contributed by atoms with Crippen LogP contribution in [0.1, 0.15) is 27.8 Å². The number of imidazole rings is 1. The van der Waals surface area contributed by atoms with Crippen molar-refractivity contribution >= 4 is 109 Å². The first-order valence-corrected chi connectivity index (χ1v) is 27.8. The average molecular weight is 1080 g/mol. The Labute approximate surface area is 474 Å². The first-order valence-electron chi connectivity index (χ1n) is 27.8. The number of pyridine rings is 2. The predicted molar refractivity (Wildman–Crippen MR) is 337 cm³/mol. The number of rotatable bonds is 9. The highest BCUT2D eigenvalue weighted by Gasteiger charge is 2.32. The lowest BCUT2D eigenvalue weighted by Gasteiger charge is -2.26. The van der Waals surface area contributed by atoms with Crippen LogP contribution in [0.4, 0.5) is 0 Å². The number of nitrogens with zero attached hydrogens (tertiary/aromatic N) is 3. The van der Waals surface area contributed by atoms with E-state index in [0.29, 0.717) is 138 Å². The molecule has 0 aliphatic carbocycles. The molecule has 9 nitrogen and oxygen atoms in total. The van der Waals surface area contributed by atoms with Crippen LogP contribution in [0.2, 0.25) is 0 Å². The summed E-state index contributed by atoms with van der Waals surface area (Å²) in [5.74, 6) is 3.97. The Morgan fingerprint density at radius 2 is 0.771 bits per heavy atom. The second kappa shape index (κ2) is 17.9. The van der Waals surface area contributed by atoms with Crippen LogP contribution in [0, 0.1) is 34.6 Å². The zero-order chi connectivity index (χ0) is 56.1. The third-order valence-electron chi connectivity index (χ3n) is 16.8. The van der Waals surface area contributed by atoms with Crippen LogP contribution < -0.4 is 35.4 Å². The Morgan fingerprint density at radius 1 is 0.373 bits per heavy atom. The number of aryl methyl sites for hydroxylation is 5. The SMILES string of the molecule is C=c1c2cc(Oc3ccc(C)cc3)c3c4c(Oc5ccc(C)cc5)cc5c(=O)n6c7ccc8ccccc8c7nc6c6cc(Oc7ccc(C)cc7)c(c7c(Oc8ccc(C)cc8)cc(c(=O)n1-c1ccc8ccccc8c1C)c2c37)c4c56. The molecule has 3 heterocycles. The summed E-state index contributed by atoms with van der Waals surface area (Å²) in [6, 6.07) is 63.8. The van der Waals surface area contributed by atoms with Crippen molar-refractivity contribution in [1.82, 2.24) is 14.0 Å². The maximum atomic E-state index is 16.1. The predicted octanol–water partition coefficient (Wildman–Crippen LogP) is 17.9. The lowest BCUT2D eigenvalue weighted by atomic mass is 9.84. The molecule has 0 aliphatic rings. The molecule has 0 aliphatic heterocycles. The van der Waals surface area contributed by atoms with Gasteiger partial charge < -0.3 is 18.9 Å². The van der Waals surface area contributed by atoms with Crippen molar-refractivity contribution in [2.45, 2.75) is 34.6 Å². The van der Waals surface area contributed by atoms with Crippen LogP contribution in [0.5, 0.6) is 46.0 Å². The maximum absolute atomic E-state index is 16.1. The normalized spacial score (nSPS) is 12.1. The molecule has 0 fully saturated rings. The molecule has 0 unspecified atom stereocenters. The lowest BCUT2D eigenvalue weighted by Crippen LogP contribution is -2.32. The van der Waals surface area contributed by atoms with Crippen molar-refractivity contribution in [2.24, 2.45) is 0 Å². The van der Waals surface area contributed by atoms with Gasteiger partial charge in [-0.15, -0.1) is 0 Å². The van der Waals surface area contributed by atoms with Gasteiger partial charge >= 0.3 is 0 Å². The molecule has 13 aromatic carbocycles. The largest absolute Gasteiger partial charge is 0.457 e. The fourth-order valence-electron chi connectivity index (χ4n) is 12.8. The first kappa shape index (κ1) is 48.2. The number of ether oxygens (including phenoxy) is 4.